The summed E-state index contributed by atoms with van der Waals surface area (Å²) >= 11 is 0. The second-order valence-corrected chi connectivity index (χ2v) is 6.99. The second-order valence-electron chi connectivity index (χ2n) is 6.99. The van der Waals surface area contributed by atoms with Crippen LogP contribution in [0, 0.1) is 17.3 Å². The zero-order valence-corrected chi connectivity index (χ0v) is 12.9. The van der Waals surface area contributed by atoms with Gasteiger partial charge in [-0.15, -0.1) is 0 Å². The highest BCUT2D eigenvalue weighted by molar-refractivity contribution is 4.92. The number of hydrogen-bond acceptors (Lipinski definition) is 1. The molecule has 1 heterocycles. The minimum atomic E-state index is 0.628. The Morgan fingerprint density at radius 1 is 1.12 bits per heavy atom. The highest BCUT2D eigenvalue weighted by Gasteiger charge is 2.39. The molecule has 0 saturated carbocycles. The summed E-state index contributed by atoms with van der Waals surface area (Å²) in [6, 6.07) is 0.725. The molecule has 1 rings (SSSR count). The van der Waals surface area contributed by atoms with Gasteiger partial charge in [-0.25, -0.2) is 0 Å². The molecular weight excluding hydrogens is 206 g/mol. The fourth-order valence-electron chi connectivity index (χ4n) is 3.33. The summed E-state index contributed by atoms with van der Waals surface area (Å²) in [5.74, 6) is 1.70. The van der Waals surface area contributed by atoms with Gasteiger partial charge in [-0.05, 0) is 56.9 Å². The zero-order chi connectivity index (χ0) is 13.1. The van der Waals surface area contributed by atoms with E-state index in [2.05, 4.69) is 46.4 Å². The predicted molar refractivity (Wildman–Crippen MR) is 77.3 cm³/mol. The molecule has 0 spiro atoms. The van der Waals surface area contributed by atoms with E-state index in [4.69, 9.17) is 0 Å². The highest BCUT2D eigenvalue weighted by Crippen LogP contribution is 2.42. The molecule has 2 atom stereocenters. The Bertz CT molecular complexity index is 222. The van der Waals surface area contributed by atoms with Gasteiger partial charge >= 0.3 is 0 Å². The Morgan fingerprint density at radius 2 is 1.76 bits per heavy atom. The first-order valence-corrected chi connectivity index (χ1v) is 7.64. The molecule has 1 saturated heterocycles. The van der Waals surface area contributed by atoms with Crippen LogP contribution in [-0.2, 0) is 0 Å². The van der Waals surface area contributed by atoms with Crippen LogP contribution in [0.25, 0.3) is 0 Å². The topological polar surface area (TPSA) is 3.24 Å². The summed E-state index contributed by atoms with van der Waals surface area (Å²) in [5, 5.41) is 0. The summed E-state index contributed by atoms with van der Waals surface area (Å²) in [7, 11) is 0. The molecule has 1 nitrogen and oxygen atoms in total. The van der Waals surface area contributed by atoms with Crippen molar-refractivity contribution in [2.75, 3.05) is 13.1 Å². The first kappa shape index (κ1) is 15.0. The molecule has 0 amide bonds. The quantitative estimate of drug-likeness (QED) is 0.656. The van der Waals surface area contributed by atoms with Crippen molar-refractivity contribution in [1.82, 2.24) is 4.90 Å². The minimum absolute atomic E-state index is 0.628. The van der Waals surface area contributed by atoms with Crippen molar-refractivity contribution in [3.8, 4) is 0 Å². The van der Waals surface area contributed by atoms with Crippen molar-refractivity contribution < 1.29 is 0 Å². The average molecular weight is 239 g/mol. The average Bonchev–Trinajstić information content (AvgIpc) is 2.63. The van der Waals surface area contributed by atoms with Crippen molar-refractivity contribution in [1.29, 1.82) is 0 Å². The van der Waals surface area contributed by atoms with Crippen molar-refractivity contribution >= 4 is 0 Å². The Balaban J connectivity index is 2.65. The summed E-state index contributed by atoms with van der Waals surface area (Å²) in [6.45, 7) is 16.9. The third-order valence-electron chi connectivity index (χ3n) is 4.87. The third kappa shape index (κ3) is 3.98. The van der Waals surface area contributed by atoms with E-state index in [0.29, 0.717) is 5.41 Å². The van der Waals surface area contributed by atoms with Gasteiger partial charge in [-0.3, -0.25) is 0 Å². The summed E-state index contributed by atoms with van der Waals surface area (Å²) in [4.78, 5) is 2.68. The molecule has 1 fully saturated rings. The molecule has 0 aromatic heterocycles. The number of nitrogens with zero attached hydrogens (tertiary/aromatic N) is 1. The summed E-state index contributed by atoms with van der Waals surface area (Å²) < 4.78 is 0. The zero-order valence-electron chi connectivity index (χ0n) is 12.9. The Morgan fingerprint density at radius 3 is 2.18 bits per heavy atom. The van der Waals surface area contributed by atoms with Crippen LogP contribution in [0.4, 0.5) is 0 Å². The molecule has 0 N–H and O–H groups in total. The van der Waals surface area contributed by atoms with E-state index in [1.54, 1.807) is 0 Å². The van der Waals surface area contributed by atoms with Crippen LogP contribution >= 0.6 is 0 Å². The van der Waals surface area contributed by atoms with Crippen LogP contribution in [0.1, 0.15) is 67.2 Å². The number of hydrogen-bond donors (Lipinski definition) is 0. The monoisotopic (exact) mass is 239 g/mol. The summed E-state index contributed by atoms with van der Waals surface area (Å²) in [5.41, 5.74) is 0.628. The van der Waals surface area contributed by atoms with E-state index < -0.39 is 0 Å². The molecule has 1 heteroatoms. The molecule has 0 aromatic rings. The van der Waals surface area contributed by atoms with E-state index in [-0.39, 0.29) is 0 Å². The predicted octanol–water partition coefficient (Wildman–Crippen LogP) is 4.57. The first-order valence-electron chi connectivity index (χ1n) is 7.64. The molecule has 17 heavy (non-hydrogen) atoms. The molecule has 1 aliphatic rings. The number of rotatable bonds is 6. The van der Waals surface area contributed by atoms with Gasteiger partial charge in [-0.1, -0.05) is 34.1 Å². The molecule has 0 radical (unpaired) electrons. The van der Waals surface area contributed by atoms with Gasteiger partial charge in [0.15, 0.2) is 0 Å². The van der Waals surface area contributed by atoms with E-state index in [1.165, 1.54) is 38.8 Å². The largest absolute Gasteiger partial charge is 0.300 e. The lowest BCUT2D eigenvalue weighted by Gasteiger charge is -2.34. The van der Waals surface area contributed by atoms with Crippen molar-refractivity contribution in [3.63, 3.8) is 0 Å². The van der Waals surface area contributed by atoms with Gasteiger partial charge < -0.3 is 4.90 Å². The van der Waals surface area contributed by atoms with Crippen molar-refractivity contribution in [2.45, 2.75) is 73.3 Å². The standard InChI is InChI=1S/C16H33N/c1-7-8-16(11-15(6)13(2)3)9-10-17(12-16)14(4)5/h13-15H,7-12H2,1-6H3. The maximum atomic E-state index is 2.68. The van der Waals surface area contributed by atoms with Gasteiger partial charge in [0.2, 0.25) is 0 Å². The maximum absolute atomic E-state index is 2.68. The van der Waals surface area contributed by atoms with Gasteiger partial charge in [0, 0.05) is 12.6 Å². The van der Waals surface area contributed by atoms with E-state index in [9.17, 15) is 0 Å². The Labute approximate surface area is 109 Å². The second kappa shape index (κ2) is 6.22. The van der Waals surface area contributed by atoms with E-state index >= 15 is 0 Å². The van der Waals surface area contributed by atoms with Crippen LogP contribution in [0.15, 0.2) is 0 Å². The SMILES string of the molecule is CCCC1(CC(C)C(C)C)CCN(C(C)C)C1. The lowest BCUT2D eigenvalue weighted by molar-refractivity contribution is 0.162. The van der Waals surface area contributed by atoms with E-state index in [1.807, 2.05) is 0 Å². The van der Waals surface area contributed by atoms with Gasteiger partial charge in [-0.2, -0.15) is 0 Å². The molecule has 1 aliphatic heterocycles. The lowest BCUT2D eigenvalue weighted by Crippen LogP contribution is -2.33. The fourth-order valence-corrected chi connectivity index (χ4v) is 3.33. The fraction of sp³-hybridized carbons (Fsp3) is 1.00. The highest BCUT2D eigenvalue weighted by atomic mass is 15.2. The van der Waals surface area contributed by atoms with Crippen LogP contribution in [-0.4, -0.2) is 24.0 Å². The Kier molecular flexibility index (Phi) is 5.50. The van der Waals surface area contributed by atoms with Crippen LogP contribution in [0.3, 0.4) is 0 Å². The summed E-state index contributed by atoms with van der Waals surface area (Å²) in [6.07, 6.45) is 5.63. The van der Waals surface area contributed by atoms with Crippen LogP contribution in [0.5, 0.6) is 0 Å². The molecule has 0 aromatic carbocycles. The molecule has 2 unspecified atom stereocenters. The third-order valence-corrected chi connectivity index (χ3v) is 4.87. The molecule has 102 valence electrons. The smallest absolute Gasteiger partial charge is 0.00413 e. The normalized spacial score (nSPS) is 28.2. The van der Waals surface area contributed by atoms with Crippen molar-refractivity contribution in [2.24, 2.45) is 17.3 Å². The minimum Gasteiger partial charge on any atom is -0.300 e. The van der Waals surface area contributed by atoms with Crippen LogP contribution < -0.4 is 0 Å². The van der Waals surface area contributed by atoms with E-state index in [0.717, 1.165) is 17.9 Å². The molecule has 0 aliphatic carbocycles. The first-order chi connectivity index (χ1) is 7.90. The van der Waals surface area contributed by atoms with Gasteiger partial charge in [0.25, 0.3) is 0 Å². The molecule has 0 bridgehead atoms. The van der Waals surface area contributed by atoms with Gasteiger partial charge in [0.1, 0.15) is 0 Å². The maximum Gasteiger partial charge on any atom is 0.00413 e. The molecular formula is C16H33N. The van der Waals surface area contributed by atoms with Gasteiger partial charge in [0.05, 0.1) is 0 Å². The van der Waals surface area contributed by atoms with Crippen molar-refractivity contribution in [3.05, 3.63) is 0 Å². The lowest BCUT2D eigenvalue weighted by atomic mass is 9.73. The Hall–Kier alpha value is -0.0400. The number of likely N-dealkylation sites (tertiary alicyclic amines) is 1. The van der Waals surface area contributed by atoms with Crippen LogP contribution in [0.2, 0.25) is 0 Å².